The van der Waals surface area contributed by atoms with Gasteiger partial charge < -0.3 is 4.90 Å². The van der Waals surface area contributed by atoms with Gasteiger partial charge in [-0.25, -0.2) is 0 Å². The van der Waals surface area contributed by atoms with Gasteiger partial charge in [-0.1, -0.05) is 5.22 Å². The van der Waals surface area contributed by atoms with E-state index in [1.807, 2.05) is 0 Å². The number of halogens is 6. The smallest absolute Gasteiger partial charge is 0.301 e. The number of hydrogen-bond donors (Lipinski definition) is 0. The first-order valence-corrected chi connectivity index (χ1v) is 8.90. The van der Waals surface area contributed by atoms with Crippen LogP contribution in [-0.4, -0.2) is 31.4 Å². The van der Waals surface area contributed by atoms with E-state index in [2.05, 4.69) is 10.3 Å². The van der Waals surface area contributed by atoms with Gasteiger partial charge in [-0.15, -0.1) is 5.11 Å². The van der Waals surface area contributed by atoms with Crippen LogP contribution in [0.25, 0.3) is 0 Å². The molecule has 0 aliphatic carbocycles. The zero-order valence-corrected chi connectivity index (χ0v) is 17.0. The predicted octanol–water partition coefficient (Wildman–Crippen LogP) is 5.06. The number of hydrogen-bond acceptors (Lipinski definition) is 6. The van der Waals surface area contributed by atoms with Crippen LogP contribution in [0.5, 0.6) is 0 Å². The lowest BCUT2D eigenvalue weighted by atomic mass is 10.1. The van der Waals surface area contributed by atoms with E-state index >= 15 is 0 Å². The topological polar surface area (TPSA) is 95.8 Å². The quantitative estimate of drug-likeness (QED) is 0.348. The first-order chi connectivity index (χ1) is 15.3. The molecular formula is C20H14F6N6O. The molecule has 172 valence electrons. The molecule has 0 heterocycles. The predicted molar refractivity (Wildman–Crippen MR) is 103 cm³/mol. The molecule has 0 saturated heterocycles. The summed E-state index contributed by atoms with van der Waals surface area (Å²) in [5.74, 6) is -0.926. The third-order valence-corrected chi connectivity index (χ3v) is 4.05. The van der Waals surface area contributed by atoms with Gasteiger partial charge in [-0.2, -0.15) is 41.9 Å². The van der Waals surface area contributed by atoms with Crippen LogP contribution in [0.1, 0.15) is 22.3 Å². The molecule has 0 bridgehead atoms. The van der Waals surface area contributed by atoms with E-state index < -0.39 is 40.8 Å². The second-order valence-corrected chi connectivity index (χ2v) is 6.82. The number of carbonyl (C=O) groups excluding carboxylic acids is 1. The minimum absolute atomic E-state index is 0.323. The maximum Gasteiger partial charge on any atom is 0.416 e. The van der Waals surface area contributed by atoms with Gasteiger partial charge in [0.2, 0.25) is 0 Å². The summed E-state index contributed by atoms with van der Waals surface area (Å²) in [7, 11) is 2.95. The molecule has 0 N–H and O–H groups in total. The van der Waals surface area contributed by atoms with Crippen LogP contribution in [0.15, 0.2) is 46.7 Å². The lowest BCUT2D eigenvalue weighted by molar-refractivity contribution is -0.138. The molecule has 0 atom stereocenters. The molecule has 0 saturated carbocycles. The van der Waals surface area contributed by atoms with Crippen molar-refractivity contribution in [3.63, 3.8) is 0 Å². The van der Waals surface area contributed by atoms with Crippen LogP contribution in [0, 0.1) is 22.7 Å². The Kier molecular flexibility index (Phi) is 7.41. The number of nitriles is 2. The number of rotatable bonds is 5. The summed E-state index contributed by atoms with van der Waals surface area (Å²) >= 11 is 0. The molecule has 0 aliphatic heterocycles. The lowest BCUT2D eigenvalue weighted by Gasteiger charge is -2.20. The van der Waals surface area contributed by atoms with Crippen molar-refractivity contribution >= 4 is 17.3 Å². The van der Waals surface area contributed by atoms with Gasteiger partial charge in [0.1, 0.15) is 17.8 Å². The average Bonchev–Trinajstić information content (AvgIpc) is 2.71. The number of anilines is 1. The molecule has 0 aromatic heterocycles. The standard InChI is InChI=1S/C20H14F6N6O/c1-31(2)11-18(33)32(17-8-15(20(24,25)26)6-4-13(17)10-28)30-29-16-7-14(19(21,22)23)5-3-12(16)9-27/h3-8H,11H2,1-2H3. The molecule has 2 aromatic rings. The molecule has 0 spiro atoms. The molecule has 2 rings (SSSR count). The average molecular weight is 468 g/mol. The van der Waals surface area contributed by atoms with E-state index in [4.69, 9.17) is 5.26 Å². The van der Waals surface area contributed by atoms with E-state index in [1.54, 1.807) is 12.1 Å². The Hall–Kier alpha value is -3.97. The lowest BCUT2D eigenvalue weighted by Crippen LogP contribution is -2.34. The molecule has 7 nitrogen and oxygen atoms in total. The molecular weight excluding hydrogens is 454 g/mol. The summed E-state index contributed by atoms with van der Waals surface area (Å²) in [4.78, 5) is 14.0. The summed E-state index contributed by atoms with van der Waals surface area (Å²) in [5, 5.41) is 25.9. The van der Waals surface area contributed by atoms with Gasteiger partial charge in [-0.3, -0.25) is 4.79 Å². The summed E-state index contributed by atoms with van der Waals surface area (Å²) in [6, 6.07) is 7.21. The van der Waals surface area contributed by atoms with Gasteiger partial charge in [0.15, 0.2) is 0 Å². The van der Waals surface area contributed by atoms with Crippen molar-refractivity contribution < 1.29 is 31.1 Å². The van der Waals surface area contributed by atoms with Crippen LogP contribution >= 0.6 is 0 Å². The number of carbonyl (C=O) groups is 1. The van der Waals surface area contributed by atoms with Crippen LogP contribution in [0.3, 0.4) is 0 Å². The Labute approximate surface area is 183 Å². The van der Waals surface area contributed by atoms with Gasteiger partial charge in [0, 0.05) is 0 Å². The third kappa shape index (κ3) is 6.27. The number of likely N-dealkylation sites (N-methyl/N-ethyl adjacent to an activating group) is 1. The van der Waals surface area contributed by atoms with E-state index in [0.717, 1.165) is 12.1 Å². The van der Waals surface area contributed by atoms with Crippen LogP contribution in [-0.2, 0) is 17.1 Å². The van der Waals surface area contributed by atoms with E-state index in [-0.39, 0.29) is 17.7 Å². The molecule has 0 aliphatic rings. The molecule has 33 heavy (non-hydrogen) atoms. The molecule has 13 heteroatoms. The SMILES string of the molecule is CN(C)CC(=O)N(N=Nc1cc(C(F)(F)F)ccc1C#N)c1cc(C(F)(F)F)ccc1C#N. The largest absolute Gasteiger partial charge is 0.416 e. The van der Waals surface area contributed by atoms with Crippen LogP contribution < -0.4 is 5.01 Å². The number of nitrogens with zero attached hydrogens (tertiary/aromatic N) is 6. The molecule has 0 fully saturated rings. The maximum atomic E-state index is 13.2. The van der Waals surface area contributed by atoms with Crippen molar-refractivity contribution in [2.75, 3.05) is 25.6 Å². The summed E-state index contributed by atoms with van der Waals surface area (Å²) < 4.78 is 78.7. The van der Waals surface area contributed by atoms with Crippen molar-refractivity contribution in [2.45, 2.75) is 12.4 Å². The Morgan fingerprint density at radius 2 is 1.42 bits per heavy atom. The minimum Gasteiger partial charge on any atom is -0.301 e. The molecule has 0 radical (unpaired) electrons. The minimum atomic E-state index is -4.81. The normalized spacial score (nSPS) is 12.0. The van der Waals surface area contributed by atoms with Crippen LogP contribution in [0.2, 0.25) is 0 Å². The number of amides is 1. The Bertz CT molecular complexity index is 1160. The summed E-state index contributed by atoms with van der Waals surface area (Å²) in [5.41, 5.74) is -4.17. The van der Waals surface area contributed by atoms with Gasteiger partial charge in [-0.05, 0) is 50.5 Å². The first-order valence-electron chi connectivity index (χ1n) is 8.90. The maximum absolute atomic E-state index is 13.2. The Morgan fingerprint density at radius 3 is 1.91 bits per heavy atom. The van der Waals surface area contributed by atoms with Crippen molar-refractivity contribution in [3.8, 4) is 12.1 Å². The fourth-order valence-electron chi connectivity index (χ4n) is 2.53. The zero-order chi connectivity index (χ0) is 25.0. The van der Waals surface area contributed by atoms with E-state index in [9.17, 15) is 36.4 Å². The highest BCUT2D eigenvalue weighted by Gasteiger charge is 2.33. The second-order valence-electron chi connectivity index (χ2n) is 6.82. The zero-order valence-electron chi connectivity index (χ0n) is 17.0. The number of alkyl halides is 6. The molecule has 0 unspecified atom stereocenters. The highest BCUT2D eigenvalue weighted by molar-refractivity contribution is 5.95. The van der Waals surface area contributed by atoms with Gasteiger partial charge >= 0.3 is 12.4 Å². The highest BCUT2D eigenvalue weighted by atomic mass is 19.4. The van der Waals surface area contributed by atoms with E-state index in [0.29, 0.717) is 29.3 Å². The molecule has 2 aromatic carbocycles. The Balaban J connectivity index is 2.67. The van der Waals surface area contributed by atoms with Crippen LogP contribution in [0.4, 0.5) is 37.7 Å². The van der Waals surface area contributed by atoms with E-state index in [1.165, 1.54) is 19.0 Å². The Morgan fingerprint density at radius 1 is 0.909 bits per heavy atom. The van der Waals surface area contributed by atoms with Crippen molar-refractivity contribution in [2.24, 2.45) is 10.3 Å². The molecule has 1 amide bonds. The number of benzene rings is 2. The van der Waals surface area contributed by atoms with Crippen molar-refractivity contribution in [1.29, 1.82) is 10.5 Å². The highest BCUT2D eigenvalue weighted by Crippen LogP contribution is 2.35. The second kappa shape index (κ2) is 9.67. The summed E-state index contributed by atoms with van der Waals surface area (Å²) in [6.07, 6.45) is -9.58. The summed E-state index contributed by atoms with van der Waals surface area (Å²) in [6.45, 7) is -0.381. The van der Waals surface area contributed by atoms with Gasteiger partial charge in [0.25, 0.3) is 5.91 Å². The van der Waals surface area contributed by atoms with Gasteiger partial charge in [0.05, 0.1) is 34.5 Å². The first kappa shape index (κ1) is 25.3. The fourth-order valence-corrected chi connectivity index (χ4v) is 2.53. The van der Waals surface area contributed by atoms with Crippen molar-refractivity contribution in [1.82, 2.24) is 4.90 Å². The fraction of sp³-hybridized carbons (Fsp3) is 0.250. The third-order valence-electron chi connectivity index (χ3n) is 4.05. The monoisotopic (exact) mass is 468 g/mol. The van der Waals surface area contributed by atoms with Crippen molar-refractivity contribution in [3.05, 3.63) is 58.7 Å².